The maximum absolute atomic E-state index is 12.6. The van der Waals surface area contributed by atoms with Crippen molar-refractivity contribution in [3.63, 3.8) is 0 Å². The summed E-state index contributed by atoms with van der Waals surface area (Å²) in [4.78, 5) is 11.6. The molecule has 1 amide bonds. The molecule has 0 aliphatic rings. The Balaban J connectivity index is 2.86. The van der Waals surface area contributed by atoms with E-state index in [1.165, 1.54) is 13.0 Å². The van der Waals surface area contributed by atoms with E-state index in [1.54, 1.807) is 0 Å². The summed E-state index contributed by atoms with van der Waals surface area (Å²) >= 11 is 5.82. The summed E-state index contributed by atoms with van der Waals surface area (Å²) in [5, 5.41) is 5.30. The predicted molar refractivity (Wildman–Crippen MR) is 72.7 cm³/mol. The Labute approximate surface area is 119 Å². The lowest BCUT2D eigenvalue weighted by atomic mass is 10.1. The smallest absolute Gasteiger partial charge is 0.373 e. The molecule has 0 saturated heterocycles. The Bertz CT molecular complexity index is 503. The Kier molecular flexibility index (Phi) is 5.44. The van der Waals surface area contributed by atoms with Crippen LogP contribution >= 0.6 is 11.6 Å². The highest BCUT2D eigenvalue weighted by atomic mass is 35.5. The summed E-state index contributed by atoms with van der Waals surface area (Å²) in [6.45, 7) is 5.25. The van der Waals surface area contributed by atoms with Crippen molar-refractivity contribution < 1.29 is 18.0 Å². The Morgan fingerprint density at radius 1 is 1.50 bits per heavy atom. The molecule has 0 aliphatic heterocycles. The third kappa shape index (κ3) is 4.45. The van der Waals surface area contributed by atoms with Gasteiger partial charge in [-0.2, -0.15) is 13.2 Å². The normalized spacial score (nSPS) is 12.7. The molecular weight excluding hydrogens is 293 g/mol. The zero-order chi connectivity index (χ0) is 15.3. The lowest BCUT2D eigenvalue weighted by molar-refractivity contribution is -0.137. The van der Waals surface area contributed by atoms with Crippen LogP contribution in [0.15, 0.2) is 30.9 Å². The van der Waals surface area contributed by atoms with Crippen molar-refractivity contribution in [2.75, 3.05) is 11.9 Å². The molecule has 0 spiro atoms. The van der Waals surface area contributed by atoms with E-state index in [0.29, 0.717) is 0 Å². The molecule has 110 valence electrons. The molecule has 0 bridgehead atoms. The molecule has 0 fully saturated rings. The summed E-state index contributed by atoms with van der Waals surface area (Å²) in [5.41, 5.74) is -0.772. The first-order valence-corrected chi connectivity index (χ1v) is 6.15. The maximum Gasteiger partial charge on any atom is 0.416 e. The standard InChI is InChI=1S/C13H14ClF3N2O/c1-3-6-18-12(20)8(2)19-11-7-9(13(15,16)17)4-5-10(11)14/h3-5,7-8,19H,1,6H2,2H3,(H,18,20). The Morgan fingerprint density at radius 3 is 2.70 bits per heavy atom. The van der Waals surface area contributed by atoms with Gasteiger partial charge in [0.1, 0.15) is 6.04 Å². The van der Waals surface area contributed by atoms with Crippen molar-refractivity contribution >= 4 is 23.2 Å². The molecule has 1 aromatic carbocycles. The lowest BCUT2D eigenvalue weighted by Crippen LogP contribution is -2.37. The average molecular weight is 307 g/mol. The second-order valence-electron chi connectivity index (χ2n) is 4.09. The van der Waals surface area contributed by atoms with Gasteiger partial charge in [0.15, 0.2) is 0 Å². The molecule has 1 aromatic rings. The van der Waals surface area contributed by atoms with Crippen LogP contribution < -0.4 is 10.6 Å². The van der Waals surface area contributed by atoms with Gasteiger partial charge in [-0.25, -0.2) is 0 Å². The minimum atomic E-state index is -4.46. The number of rotatable bonds is 5. The fourth-order valence-electron chi connectivity index (χ4n) is 1.44. The molecule has 2 N–H and O–H groups in total. The van der Waals surface area contributed by atoms with Crippen molar-refractivity contribution in [3.8, 4) is 0 Å². The number of hydrogen-bond acceptors (Lipinski definition) is 2. The van der Waals surface area contributed by atoms with Crippen LogP contribution in [0.1, 0.15) is 12.5 Å². The molecule has 0 radical (unpaired) electrons. The van der Waals surface area contributed by atoms with Crippen molar-refractivity contribution in [3.05, 3.63) is 41.4 Å². The SMILES string of the molecule is C=CCNC(=O)C(C)Nc1cc(C(F)(F)F)ccc1Cl. The van der Waals surface area contributed by atoms with Crippen LogP contribution in [0.25, 0.3) is 0 Å². The number of amides is 1. The number of hydrogen-bond donors (Lipinski definition) is 2. The Morgan fingerprint density at radius 2 is 2.15 bits per heavy atom. The third-order valence-electron chi connectivity index (χ3n) is 2.48. The van der Waals surface area contributed by atoms with Gasteiger partial charge in [0.05, 0.1) is 16.3 Å². The maximum atomic E-state index is 12.6. The van der Waals surface area contributed by atoms with E-state index in [9.17, 15) is 18.0 Å². The molecular formula is C13H14ClF3N2O. The molecule has 7 heteroatoms. The van der Waals surface area contributed by atoms with Crippen molar-refractivity contribution in [2.24, 2.45) is 0 Å². The molecule has 3 nitrogen and oxygen atoms in total. The highest BCUT2D eigenvalue weighted by Gasteiger charge is 2.31. The topological polar surface area (TPSA) is 41.1 Å². The quantitative estimate of drug-likeness (QED) is 0.818. The predicted octanol–water partition coefficient (Wildman–Crippen LogP) is 3.46. The second kappa shape index (κ2) is 6.65. The van der Waals surface area contributed by atoms with Crippen LogP contribution in [0, 0.1) is 0 Å². The Hall–Kier alpha value is -1.69. The average Bonchev–Trinajstić information content (AvgIpc) is 2.37. The molecule has 0 aliphatic carbocycles. The largest absolute Gasteiger partial charge is 0.416 e. The molecule has 0 saturated carbocycles. The number of alkyl halides is 3. The van der Waals surface area contributed by atoms with Gasteiger partial charge in [-0.15, -0.1) is 6.58 Å². The van der Waals surface area contributed by atoms with Gasteiger partial charge >= 0.3 is 6.18 Å². The fraction of sp³-hybridized carbons (Fsp3) is 0.308. The third-order valence-corrected chi connectivity index (χ3v) is 2.81. The minimum absolute atomic E-state index is 0.0581. The summed E-state index contributed by atoms with van der Waals surface area (Å²) in [6, 6.07) is 2.17. The van der Waals surface area contributed by atoms with E-state index in [-0.39, 0.29) is 23.2 Å². The first-order chi connectivity index (χ1) is 9.25. The summed E-state index contributed by atoms with van der Waals surface area (Å²) < 4.78 is 37.8. The van der Waals surface area contributed by atoms with Crippen LogP contribution in [-0.4, -0.2) is 18.5 Å². The fourth-order valence-corrected chi connectivity index (χ4v) is 1.61. The van der Waals surface area contributed by atoms with Gasteiger partial charge in [-0.05, 0) is 25.1 Å². The molecule has 1 atom stereocenters. The molecule has 20 heavy (non-hydrogen) atoms. The van der Waals surface area contributed by atoms with E-state index < -0.39 is 17.8 Å². The second-order valence-corrected chi connectivity index (χ2v) is 4.50. The summed E-state index contributed by atoms with van der Waals surface area (Å²) in [7, 11) is 0. The van der Waals surface area contributed by atoms with Crippen molar-refractivity contribution in [1.29, 1.82) is 0 Å². The van der Waals surface area contributed by atoms with E-state index in [2.05, 4.69) is 17.2 Å². The van der Waals surface area contributed by atoms with E-state index in [4.69, 9.17) is 11.6 Å². The highest BCUT2D eigenvalue weighted by Crippen LogP contribution is 2.33. The van der Waals surface area contributed by atoms with Crippen molar-refractivity contribution in [2.45, 2.75) is 19.1 Å². The van der Waals surface area contributed by atoms with Gasteiger partial charge in [0, 0.05) is 6.54 Å². The number of halogens is 4. The summed E-state index contributed by atoms with van der Waals surface area (Å²) in [6.07, 6.45) is -2.96. The van der Waals surface area contributed by atoms with Gasteiger partial charge < -0.3 is 10.6 Å². The number of carbonyl (C=O) groups is 1. The van der Waals surface area contributed by atoms with Gasteiger partial charge in [0.25, 0.3) is 0 Å². The monoisotopic (exact) mass is 306 g/mol. The van der Waals surface area contributed by atoms with Crippen molar-refractivity contribution in [1.82, 2.24) is 5.32 Å². The lowest BCUT2D eigenvalue weighted by Gasteiger charge is -2.17. The molecule has 0 heterocycles. The first-order valence-electron chi connectivity index (χ1n) is 5.77. The molecule has 1 unspecified atom stereocenters. The number of carbonyl (C=O) groups excluding carboxylic acids is 1. The van der Waals surface area contributed by atoms with Crippen LogP contribution in [0.3, 0.4) is 0 Å². The van der Waals surface area contributed by atoms with Gasteiger partial charge in [0.2, 0.25) is 5.91 Å². The number of anilines is 1. The molecule has 0 aromatic heterocycles. The van der Waals surface area contributed by atoms with Crippen LogP contribution in [0.2, 0.25) is 5.02 Å². The number of nitrogens with one attached hydrogen (secondary N) is 2. The molecule has 1 rings (SSSR count). The van der Waals surface area contributed by atoms with E-state index in [0.717, 1.165) is 18.2 Å². The van der Waals surface area contributed by atoms with E-state index in [1.807, 2.05) is 0 Å². The minimum Gasteiger partial charge on any atom is -0.373 e. The first kappa shape index (κ1) is 16.4. The zero-order valence-corrected chi connectivity index (χ0v) is 11.5. The van der Waals surface area contributed by atoms with Gasteiger partial charge in [-0.1, -0.05) is 17.7 Å². The summed E-state index contributed by atoms with van der Waals surface area (Å²) in [5.74, 6) is -0.363. The van der Waals surface area contributed by atoms with E-state index >= 15 is 0 Å². The van der Waals surface area contributed by atoms with Crippen LogP contribution in [0.5, 0.6) is 0 Å². The zero-order valence-electron chi connectivity index (χ0n) is 10.7. The highest BCUT2D eigenvalue weighted by molar-refractivity contribution is 6.33. The van der Waals surface area contributed by atoms with Crippen LogP contribution in [-0.2, 0) is 11.0 Å². The number of benzene rings is 1. The van der Waals surface area contributed by atoms with Gasteiger partial charge in [-0.3, -0.25) is 4.79 Å². The van der Waals surface area contributed by atoms with Crippen LogP contribution in [0.4, 0.5) is 18.9 Å².